The quantitative estimate of drug-likeness (QED) is 0.432. The number of amides is 1. The molecule has 8 heteroatoms. The van der Waals surface area contributed by atoms with Crippen LogP contribution in [0.5, 0.6) is 11.5 Å². The molecule has 35 heavy (non-hydrogen) atoms. The molecule has 0 saturated carbocycles. The summed E-state index contributed by atoms with van der Waals surface area (Å²) in [5, 5.41) is 23.4. The molecule has 0 atom stereocenters. The van der Waals surface area contributed by atoms with Crippen LogP contribution in [0.1, 0.15) is 32.6 Å². The van der Waals surface area contributed by atoms with Gasteiger partial charge in [-0.2, -0.15) is 5.26 Å². The number of rotatable bonds is 6. The van der Waals surface area contributed by atoms with Gasteiger partial charge in [0.2, 0.25) is 0 Å². The molecule has 0 aliphatic carbocycles. The molecule has 172 valence electrons. The highest BCUT2D eigenvalue weighted by Crippen LogP contribution is 2.36. The second-order valence-corrected chi connectivity index (χ2v) is 8.11. The van der Waals surface area contributed by atoms with E-state index in [4.69, 9.17) is 4.74 Å². The van der Waals surface area contributed by atoms with E-state index in [-0.39, 0.29) is 35.1 Å². The maximum Gasteiger partial charge on any atom is 0.262 e. The summed E-state index contributed by atoms with van der Waals surface area (Å²) in [6.45, 7) is 0.929. The number of carbonyl (C=O) groups is 1. The Morgan fingerprint density at radius 3 is 2.66 bits per heavy atom. The summed E-state index contributed by atoms with van der Waals surface area (Å²) in [5.41, 5.74) is 4.73. The summed E-state index contributed by atoms with van der Waals surface area (Å²) in [5.74, 6) is -0.487. The molecule has 1 aromatic heterocycles. The lowest BCUT2D eigenvalue weighted by Gasteiger charge is -2.19. The fourth-order valence-electron chi connectivity index (χ4n) is 4.09. The fraction of sp³-hybridized carbons (Fsp3) is 0.111. The lowest BCUT2D eigenvalue weighted by Crippen LogP contribution is -2.26. The highest BCUT2D eigenvalue weighted by molar-refractivity contribution is 6.00. The number of aromatic nitrogens is 2. The molecule has 1 aliphatic heterocycles. The molecule has 2 N–H and O–H groups in total. The summed E-state index contributed by atoms with van der Waals surface area (Å²) in [7, 11) is 0. The number of phenolic OH excluding ortho intramolecular Hbond substituents is 1. The van der Waals surface area contributed by atoms with E-state index in [1.54, 1.807) is 17.3 Å². The first kappa shape index (κ1) is 21.9. The molecule has 0 unspecified atom stereocenters. The molecule has 0 fully saturated rings. The van der Waals surface area contributed by atoms with Crippen LogP contribution in [0.4, 0.5) is 11.4 Å². The van der Waals surface area contributed by atoms with Crippen molar-refractivity contribution in [2.75, 3.05) is 5.32 Å². The molecule has 0 bridgehead atoms. The third kappa shape index (κ3) is 4.61. The van der Waals surface area contributed by atoms with Crippen LogP contribution < -0.4 is 10.1 Å². The minimum absolute atomic E-state index is 0.0405. The summed E-state index contributed by atoms with van der Waals surface area (Å²) in [6, 6.07) is 20.1. The molecule has 5 rings (SSSR count). The molecule has 2 heterocycles. The van der Waals surface area contributed by atoms with E-state index in [1.165, 1.54) is 18.5 Å². The number of nitriles is 1. The molecular formula is C27H21N5O3. The second kappa shape index (κ2) is 9.53. The van der Waals surface area contributed by atoms with Crippen molar-refractivity contribution in [2.24, 2.45) is 0 Å². The standard InChI is InChI=1S/C27H21N5O3/c28-11-19-9-24(33)26(25(10-19)35-16-18-5-2-1-3-6-18)27(34)32-14-20-7-4-8-23(22(20)15-32)31-21-12-29-17-30-13-21/h1-10,12-13,17,31,33H,14-16H2. The molecular weight excluding hydrogens is 442 g/mol. The summed E-state index contributed by atoms with van der Waals surface area (Å²) in [6.07, 6.45) is 4.81. The van der Waals surface area contributed by atoms with Crippen molar-refractivity contribution in [1.29, 1.82) is 5.26 Å². The van der Waals surface area contributed by atoms with Gasteiger partial charge in [0.25, 0.3) is 5.91 Å². The van der Waals surface area contributed by atoms with Gasteiger partial charge in [-0.3, -0.25) is 4.79 Å². The largest absolute Gasteiger partial charge is 0.507 e. The van der Waals surface area contributed by atoms with Gasteiger partial charge in [-0.1, -0.05) is 42.5 Å². The Labute approximate surface area is 202 Å². The number of phenols is 1. The van der Waals surface area contributed by atoms with Crippen molar-refractivity contribution in [2.45, 2.75) is 19.7 Å². The first-order valence-corrected chi connectivity index (χ1v) is 11.0. The zero-order valence-electron chi connectivity index (χ0n) is 18.7. The van der Waals surface area contributed by atoms with E-state index in [9.17, 15) is 15.2 Å². The summed E-state index contributed by atoms with van der Waals surface area (Å²) >= 11 is 0. The van der Waals surface area contributed by atoms with Crippen LogP contribution in [-0.2, 0) is 19.7 Å². The number of nitrogens with zero attached hydrogens (tertiary/aromatic N) is 4. The number of fused-ring (bicyclic) bond motifs is 1. The minimum Gasteiger partial charge on any atom is -0.507 e. The first-order valence-electron chi connectivity index (χ1n) is 11.0. The highest BCUT2D eigenvalue weighted by atomic mass is 16.5. The van der Waals surface area contributed by atoms with Crippen LogP contribution in [0.15, 0.2) is 79.4 Å². The van der Waals surface area contributed by atoms with Crippen LogP contribution in [0.2, 0.25) is 0 Å². The predicted molar refractivity (Wildman–Crippen MR) is 129 cm³/mol. The van der Waals surface area contributed by atoms with Crippen molar-refractivity contribution in [1.82, 2.24) is 14.9 Å². The smallest absolute Gasteiger partial charge is 0.262 e. The van der Waals surface area contributed by atoms with Crippen molar-refractivity contribution >= 4 is 17.3 Å². The number of hydrogen-bond acceptors (Lipinski definition) is 7. The van der Waals surface area contributed by atoms with Crippen LogP contribution in [0.3, 0.4) is 0 Å². The first-order chi connectivity index (χ1) is 17.1. The molecule has 1 amide bonds. The Bertz CT molecular complexity index is 1420. The molecule has 0 saturated heterocycles. The molecule has 4 aromatic rings. The predicted octanol–water partition coefficient (Wildman–Crippen LogP) is 4.53. The number of ether oxygens (including phenoxy) is 1. The monoisotopic (exact) mass is 463 g/mol. The van der Waals surface area contributed by atoms with E-state index in [2.05, 4.69) is 15.3 Å². The Morgan fingerprint density at radius 1 is 1.09 bits per heavy atom. The maximum absolute atomic E-state index is 13.6. The number of aromatic hydroxyl groups is 1. The van der Waals surface area contributed by atoms with Crippen LogP contribution in [0.25, 0.3) is 0 Å². The van der Waals surface area contributed by atoms with Gasteiger partial charge >= 0.3 is 0 Å². The third-order valence-electron chi connectivity index (χ3n) is 5.77. The average Bonchev–Trinajstić information content (AvgIpc) is 3.34. The number of benzene rings is 3. The molecule has 8 nitrogen and oxygen atoms in total. The minimum atomic E-state index is -0.375. The number of hydrogen-bond donors (Lipinski definition) is 2. The number of carbonyl (C=O) groups excluding carboxylic acids is 1. The lowest BCUT2D eigenvalue weighted by molar-refractivity contribution is 0.0743. The fourth-order valence-corrected chi connectivity index (χ4v) is 4.09. The zero-order chi connectivity index (χ0) is 24.2. The highest BCUT2D eigenvalue weighted by Gasteiger charge is 2.30. The van der Waals surface area contributed by atoms with Gasteiger partial charge in [0, 0.05) is 18.8 Å². The van der Waals surface area contributed by atoms with E-state index in [1.807, 2.05) is 54.6 Å². The van der Waals surface area contributed by atoms with Gasteiger partial charge in [-0.05, 0) is 34.9 Å². The van der Waals surface area contributed by atoms with Gasteiger partial charge < -0.3 is 20.1 Å². The maximum atomic E-state index is 13.6. The van der Waals surface area contributed by atoms with Crippen LogP contribution >= 0.6 is 0 Å². The normalized spacial score (nSPS) is 12.0. The average molecular weight is 463 g/mol. The van der Waals surface area contributed by atoms with Crippen molar-refractivity contribution < 1.29 is 14.6 Å². The Kier molecular flexibility index (Phi) is 5.97. The Morgan fingerprint density at radius 2 is 1.89 bits per heavy atom. The van der Waals surface area contributed by atoms with Gasteiger partial charge in [0.05, 0.1) is 29.7 Å². The molecule has 3 aromatic carbocycles. The van der Waals surface area contributed by atoms with E-state index < -0.39 is 0 Å². The van der Waals surface area contributed by atoms with Gasteiger partial charge in [0.15, 0.2) is 0 Å². The number of anilines is 2. The Hall–Kier alpha value is -4.90. The van der Waals surface area contributed by atoms with Gasteiger partial charge in [0.1, 0.15) is 30.0 Å². The van der Waals surface area contributed by atoms with Gasteiger partial charge in [-0.15, -0.1) is 0 Å². The number of nitrogens with one attached hydrogen (secondary N) is 1. The zero-order valence-corrected chi connectivity index (χ0v) is 18.7. The SMILES string of the molecule is N#Cc1cc(O)c(C(=O)N2Cc3cccc(Nc4cncnc4)c3C2)c(OCc2ccccc2)c1. The van der Waals surface area contributed by atoms with Crippen LogP contribution in [-0.4, -0.2) is 25.9 Å². The van der Waals surface area contributed by atoms with Crippen molar-refractivity contribution in [3.63, 3.8) is 0 Å². The topological polar surface area (TPSA) is 111 Å². The second-order valence-electron chi connectivity index (χ2n) is 8.11. The van der Waals surface area contributed by atoms with Crippen molar-refractivity contribution in [3.05, 3.63) is 107 Å². The summed E-state index contributed by atoms with van der Waals surface area (Å²) in [4.78, 5) is 23.3. The van der Waals surface area contributed by atoms with Gasteiger partial charge in [-0.25, -0.2) is 9.97 Å². The molecule has 0 spiro atoms. The molecule has 0 radical (unpaired) electrons. The summed E-state index contributed by atoms with van der Waals surface area (Å²) < 4.78 is 5.92. The Balaban J connectivity index is 1.42. The lowest BCUT2D eigenvalue weighted by atomic mass is 10.1. The van der Waals surface area contributed by atoms with E-state index in [0.717, 1.165) is 28.1 Å². The third-order valence-corrected chi connectivity index (χ3v) is 5.77. The van der Waals surface area contributed by atoms with E-state index >= 15 is 0 Å². The molecule has 1 aliphatic rings. The van der Waals surface area contributed by atoms with Crippen LogP contribution in [0, 0.1) is 11.3 Å². The van der Waals surface area contributed by atoms with Crippen molar-refractivity contribution in [3.8, 4) is 17.6 Å². The van der Waals surface area contributed by atoms with E-state index in [0.29, 0.717) is 13.1 Å².